The summed E-state index contributed by atoms with van der Waals surface area (Å²) in [7, 11) is -1.65. The lowest BCUT2D eigenvalue weighted by Gasteiger charge is -2.29. The minimum absolute atomic E-state index is 0.0375. The number of rotatable bonds is 11. The molecule has 2 aliphatic heterocycles. The van der Waals surface area contributed by atoms with E-state index in [-0.39, 0.29) is 12.2 Å². The van der Waals surface area contributed by atoms with Crippen LogP contribution >= 0.6 is 7.14 Å². The first kappa shape index (κ1) is 22.2. The Kier molecular flexibility index (Phi) is 6.52. The molecule has 6 nitrogen and oxygen atoms in total. The van der Waals surface area contributed by atoms with Crippen molar-refractivity contribution in [1.29, 1.82) is 0 Å². The van der Waals surface area contributed by atoms with Gasteiger partial charge in [-0.2, -0.15) is 0 Å². The molecule has 0 N–H and O–H groups in total. The summed E-state index contributed by atoms with van der Waals surface area (Å²) in [5.74, 6) is 0.480. The van der Waals surface area contributed by atoms with Gasteiger partial charge in [0.15, 0.2) is 18.6 Å². The summed E-state index contributed by atoms with van der Waals surface area (Å²) in [4.78, 5) is 0. The molecule has 5 rings (SSSR count). The van der Waals surface area contributed by atoms with Gasteiger partial charge in [0, 0.05) is 10.6 Å². The van der Waals surface area contributed by atoms with Gasteiger partial charge in [0.1, 0.15) is 24.7 Å². The molecule has 0 amide bonds. The van der Waals surface area contributed by atoms with Gasteiger partial charge in [0.2, 0.25) is 0 Å². The van der Waals surface area contributed by atoms with E-state index in [0.717, 1.165) is 22.8 Å². The Hall–Kier alpha value is -2.63. The molecule has 2 saturated heterocycles. The highest BCUT2D eigenvalue weighted by Crippen LogP contribution is 2.58. The molecule has 0 saturated carbocycles. The summed E-state index contributed by atoms with van der Waals surface area (Å²) in [6, 6.07) is 24.7. The number of methoxy groups -OCH3 is 1. The highest BCUT2D eigenvalue weighted by atomic mass is 31.2. The van der Waals surface area contributed by atoms with E-state index in [1.165, 1.54) is 0 Å². The van der Waals surface area contributed by atoms with Gasteiger partial charge in [-0.1, -0.05) is 66.7 Å². The summed E-state index contributed by atoms with van der Waals surface area (Å²) in [5.41, 5.74) is 0.763. The fourth-order valence-electron chi connectivity index (χ4n) is 3.80. The van der Waals surface area contributed by atoms with Crippen molar-refractivity contribution >= 4 is 17.8 Å². The lowest BCUT2D eigenvalue weighted by Crippen LogP contribution is -2.24. The molecule has 2 aliphatic rings. The first-order valence-corrected chi connectivity index (χ1v) is 12.8. The smallest absolute Gasteiger partial charge is 0.174 e. The van der Waals surface area contributed by atoms with Crippen LogP contribution in [0.3, 0.4) is 0 Å². The Morgan fingerprint density at radius 3 is 1.97 bits per heavy atom. The van der Waals surface area contributed by atoms with E-state index in [4.69, 9.17) is 23.7 Å². The van der Waals surface area contributed by atoms with Gasteiger partial charge in [-0.05, 0) is 17.7 Å². The molecule has 0 bridgehead atoms. The van der Waals surface area contributed by atoms with Crippen molar-refractivity contribution in [3.8, 4) is 11.5 Å². The molecule has 0 radical (unpaired) electrons. The number of hydrogen-bond acceptors (Lipinski definition) is 6. The van der Waals surface area contributed by atoms with Crippen molar-refractivity contribution in [2.45, 2.75) is 18.1 Å². The van der Waals surface area contributed by atoms with E-state index in [0.29, 0.717) is 31.3 Å². The Morgan fingerprint density at radius 1 is 0.848 bits per heavy atom. The predicted octanol–water partition coefficient (Wildman–Crippen LogP) is 3.90. The summed E-state index contributed by atoms with van der Waals surface area (Å²) < 4.78 is 43.5. The minimum atomic E-state index is -3.25. The fraction of sp³-hybridized carbons (Fsp3) is 0.308. The van der Waals surface area contributed by atoms with Crippen LogP contribution < -0.4 is 20.1 Å². The lowest BCUT2D eigenvalue weighted by atomic mass is 10.2. The van der Waals surface area contributed by atoms with Gasteiger partial charge in [-0.25, -0.2) is 0 Å². The van der Waals surface area contributed by atoms with Crippen LogP contribution in [0.4, 0.5) is 0 Å². The third kappa shape index (κ3) is 4.99. The summed E-state index contributed by atoms with van der Waals surface area (Å²) >= 11 is 0. The predicted molar refractivity (Wildman–Crippen MR) is 126 cm³/mol. The van der Waals surface area contributed by atoms with Crippen LogP contribution in [-0.4, -0.2) is 45.7 Å². The molecular weight excluding hydrogens is 439 g/mol. The van der Waals surface area contributed by atoms with Gasteiger partial charge in [0.25, 0.3) is 0 Å². The zero-order valence-electron chi connectivity index (χ0n) is 18.5. The normalized spacial score (nSPS) is 20.2. The molecule has 3 aromatic rings. The summed E-state index contributed by atoms with van der Waals surface area (Å²) in [5, 5.41) is 1.48. The topological polar surface area (TPSA) is 69.8 Å². The van der Waals surface area contributed by atoms with Gasteiger partial charge >= 0.3 is 0 Å². The van der Waals surface area contributed by atoms with E-state index in [9.17, 15) is 0 Å². The van der Waals surface area contributed by atoms with Crippen molar-refractivity contribution in [3.63, 3.8) is 0 Å². The molecule has 172 valence electrons. The standard InChI is InChI=1S/C26H27O6P/c1-28-25-14-19(12-13-24(25)31-17-20-15-29-20)26(32-18-21-16-30-21)33(27,22-8-4-2-5-9-22)23-10-6-3-7-11-23/h2-14,20-21,26H,15-18H2,1H3. The Bertz CT molecular complexity index is 1070. The average molecular weight is 466 g/mol. The van der Waals surface area contributed by atoms with E-state index in [1.807, 2.05) is 78.9 Å². The van der Waals surface area contributed by atoms with Crippen molar-refractivity contribution in [1.82, 2.24) is 0 Å². The third-order valence-electron chi connectivity index (χ3n) is 5.75. The number of hydrogen-bond donors (Lipinski definition) is 0. The minimum Gasteiger partial charge on any atom is -0.493 e. The molecule has 3 aromatic carbocycles. The van der Waals surface area contributed by atoms with Crippen LogP contribution in [0.2, 0.25) is 0 Å². The Morgan fingerprint density at radius 2 is 1.42 bits per heavy atom. The van der Waals surface area contributed by atoms with E-state index >= 15 is 4.57 Å². The molecule has 33 heavy (non-hydrogen) atoms. The molecule has 0 spiro atoms. The van der Waals surface area contributed by atoms with Gasteiger partial charge < -0.3 is 28.2 Å². The van der Waals surface area contributed by atoms with Crippen molar-refractivity contribution in [3.05, 3.63) is 84.4 Å². The van der Waals surface area contributed by atoms with Gasteiger partial charge in [0.05, 0.1) is 26.9 Å². The summed E-state index contributed by atoms with van der Waals surface area (Å²) in [6.07, 6.45) is 0.177. The van der Waals surface area contributed by atoms with Crippen molar-refractivity contribution in [2.24, 2.45) is 0 Å². The molecule has 2 fully saturated rings. The first-order chi connectivity index (χ1) is 16.2. The maximum atomic E-state index is 15.0. The molecule has 0 aromatic heterocycles. The number of ether oxygens (including phenoxy) is 5. The maximum Gasteiger partial charge on any atom is 0.174 e. The second kappa shape index (κ2) is 9.70. The second-order valence-electron chi connectivity index (χ2n) is 8.15. The molecular formula is C26H27O6P. The largest absolute Gasteiger partial charge is 0.493 e. The van der Waals surface area contributed by atoms with Crippen LogP contribution in [-0.2, 0) is 18.8 Å². The van der Waals surface area contributed by atoms with Crippen LogP contribution in [0.15, 0.2) is 78.9 Å². The van der Waals surface area contributed by atoms with Gasteiger partial charge in [-0.15, -0.1) is 0 Å². The van der Waals surface area contributed by atoms with Crippen molar-refractivity contribution < 1.29 is 28.2 Å². The average Bonchev–Trinajstić information content (AvgIpc) is 3.79. The first-order valence-electron chi connectivity index (χ1n) is 11.0. The number of benzene rings is 3. The Labute approximate surface area is 193 Å². The quantitative estimate of drug-likeness (QED) is 0.315. The van der Waals surface area contributed by atoms with Crippen LogP contribution in [0.1, 0.15) is 11.4 Å². The van der Waals surface area contributed by atoms with E-state index in [2.05, 4.69) is 0 Å². The van der Waals surface area contributed by atoms with Crippen LogP contribution in [0, 0.1) is 0 Å². The highest BCUT2D eigenvalue weighted by molar-refractivity contribution is 7.78. The van der Waals surface area contributed by atoms with Crippen LogP contribution in [0.5, 0.6) is 11.5 Å². The zero-order valence-corrected chi connectivity index (χ0v) is 19.4. The number of epoxide rings is 2. The lowest BCUT2D eigenvalue weighted by molar-refractivity contribution is 0.0907. The zero-order chi connectivity index (χ0) is 22.7. The van der Waals surface area contributed by atoms with Crippen LogP contribution in [0.25, 0.3) is 0 Å². The Balaban J connectivity index is 1.57. The molecule has 3 unspecified atom stereocenters. The SMILES string of the molecule is COc1cc(C(OCC2CO2)P(=O)(c2ccccc2)c2ccccc2)ccc1OCC1CO1. The monoisotopic (exact) mass is 466 g/mol. The highest BCUT2D eigenvalue weighted by Gasteiger charge is 2.40. The molecule has 7 heteroatoms. The van der Waals surface area contributed by atoms with Gasteiger partial charge in [-0.3, -0.25) is 0 Å². The molecule has 0 aliphatic carbocycles. The van der Waals surface area contributed by atoms with E-state index < -0.39 is 13.0 Å². The fourth-order valence-corrected chi connectivity index (χ4v) is 6.74. The van der Waals surface area contributed by atoms with Crippen molar-refractivity contribution in [2.75, 3.05) is 33.5 Å². The summed E-state index contributed by atoms with van der Waals surface area (Å²) in [6.45, 7) is 2.22. The maximum absolute atomic E-state index is 15.0. The third-order valence-corrected chi connectivity index (χ3v) is 8.99. The molecule has 2 heterocycles. The molecule has 3 atom stereocenters. The van der Waals surface area contributed by atoms with E-state index in [1.54, 1.807) is 7.11 Å². The second-order valence-corrected chi connectivity index (χ2v) is 11.0.